The number of halogens is 1. The van der Waals surface area contributed by atoms with Crippen LogP contribution in [0.3, 0.4) is 0 Å². The summed E-state index contributed by atoms with van der Waals surface area (Å²) in [5, 5.41) is 18.0. The molecule has 1 atom stereocenters. The smallest absolute Gasteiger partial charge is 0.342 e. The Balaban J connectivity index is 1.74. The quantitative estimate of drug-likeness (QED) is 0.699. The average molecular weight is 359 g/mol. The van der Waals surface area contributed by atoms with Gasteiger partial charge in [-0.3, -0.25) is 0 Å². The number of rotatable bonds is 4. The second-order valence-electron chi connectivity index (χ2n) is 5.52. The Kier molecular flexibility index (Phi) is 4.72. The molecule has 7 heteroatoms. The van der Waals surface area contributed by atoms with E-state index in [4.69, 9.17) is 20.8 Å². The van der Waals surface area contributed by atoms with E-state index in [1.807, 2.05) is 31.2 Å². The zero-order chi connectivity index (χ0) is 18.0. The van der Waals surface area contributed by atoms with Gasteiger partial charge in [0, 0.05) is 10.6 Å². The maximum Gasteiger partial charge on any atom is 0.342 e. The van der Waals surface area contributed by atoms with Crippen LogP contribution in [0.25, 0.3) is 11.5 Å². The van der Waals surface area contributed by atoms with E-state index in [1.54, 1.807) is 6.92 Å². The first-order chi connectivity index (χ1) is 11.9. The Bertz CT molecular complexity index is 906. The number of carbonyl (C=O) groups excluding carboxylic acids is 1. The normalized spacial score (nSPS) is 12.0. The standard InChI is InChI=1S/C18H15ClN2O4/c1-10-3-5-12(6-4-10)17-21-20-16(25-17)11(2)24-18(23)14-8-7-13(19)9-15(14)22/h3-9,11,22H,1-2H3/t11-/m0/s1. The lowest BCUT2D eigenvalue weighted by molar-refractivity contribution is 0.0277. The van der Waals surface area contributed by atoms with Crippen molar-refractivity contribution in [1.82, 2.24) is 10.2 Å². The van der Waals surface area contributed by atoms with Crippen LogP contribution < -0.4 is 0 Å². The van der Waals surface area contributed by atoms with Crippen molar-refractivity contribution in [3.8, 4) is 17.2 Å². The van der Waals surface area contributed by atoms with Gasteiger partial charge >= 0.3 is 5.97 Å². The number of benzene rings is 2. The molecule has 0 aliphatic heterocycles. The van der Waals surface area contributed by atoms with Crippen molar-refractivity contribution >= 4 is 17.6 Å². The lowest BCUT2D eigenvalue weighted by Crippen LogP contribution is -2.09. The lowest BCUT2D eigenvalue weighted by Gasteiger charge is -2.10. The Hall–Kier alpha value is -2.86. The van der Waals surface area contributed by atoms with E-state index < -0.39 is 12.1 Å². The molecule has 0 saturated carbocycles. The Labute approximate surface area is 149 Å². The number of aryl methyl sites for hydroxylation is 1. The SMILES string of the molecule is Cc1ccc(-c2nnc([C@H](C)OC(=O)c3ccc(Cl)cc3O)o2)cc1. The first-order valence-corrected chi connectivity index (χ1v) is 7.92. The van der Waals surface area contributed by atoms with Crippen LogP contribution in [0, 0.1) is 6.92 Å². The van der Waals surface area contributed by atoms with Crippen LogP contribution in [0.4, 0.5) is 0 Å². The maximum absolute atomic E-state index is 12.2. The van der Waals surface area contributed by atoms with Crippen LogP contribution >= 0.6 is 11.6 Å². The van der Waals surface area contributed by atoms with Crippen molar-refractivity contribution < 1.29 is 19.1 Å². The Morgan fingerprint density at radius 3 is 2.60 bits per heavy atom. The average Bonchev–Trinajstić information content (AvgIpc) is 3.05. The van der Waals surface area contributed by atoms with Gasteiger partial charge < -0.3 is 14.3 Å². The monoisotopic (exact) mass is 358 g/mol. The van der Waals surface area contributed by atoms with Crippen LogP contribution in [-0.2, 0) is 4.74 Å². The summed E-state index contributed by atoms with van der Waals surface area (Å²) in [6.07, 6.45) is -0.769. The van der Waals surface area contributed by atoms with E-state index >= 15 is 0 Å². The largest absolute Gasteiger partial charge is 0.507 e. The van der Waals surface area contributed by atoms with E-state index in [2.05, 4.69) is 10.2 Å². The molecule has 0 fully saturated rings. The number of ether oxygens (including phenoxy) is 1. The number of aromatic nitrogens is 2. The van der Waals surface area contributed by atoms with Gasteiger partial charge in [-0.2, -0.15) is 0 Å². The molecule has 0 aliphatic rings. The predicted octanol–water partition coefficient (Wildman–Crippen LogP) is 4.32. The third-order valence-electron chi connectivity index (χ3n) is 3.55. The van der Waals surface area contributed by atoms with Crippen molar-refractivity contribution in [2.45, 2.75) is 20.0 Å². The van der Waals surface area contributed by atoms with E-state index in [1.165, 1.54) is 18.2 Å². The van der Waals surface area contributed by atoms with Crippen LogP contribution in [-0.4, -0.2) is 21.3 Å². The number of esters is 1. The van der Waals surface area contributed by atoms with Crippen molar-refractivity contribution in [2.75, 3.05) is 0 Å². The Morgan fingerprint density at radius 1 is 1.20 bits per heavy atom. The van der Waals surface area contributed by atoms with Crippen molar-refractivity contribution in [3.63, 3.8) is 0 Å². The van der Waals surface area contributed by atoms with E-state index in [9.17, 15) is 9.90 Å². The maximum atomic E-state index is 12.2. The molecule has 128 valence electrons. The highest BCUT2D eigenvalue weighted by Crippen LogP contribution is 2.26. The second-order valence-corrected chi connectivity index (χ2v) is 5.96. The van der Waals surface area contributed by atoms with Gasteiger partial charge in [-0.05, 0) is 44.2 Å². The molecule has 0 radical (unpaired) electrons. The van der Waals surface area contributed by atoms with Gasteiger partial charge in [-0.15, -0.1) is 10.2 Å². The highest BCUT2D eigenvalue weighted by molar-refractivity contribution is 6.30. The molecule has 0 saturated heterocycles. The van der Waals surface area contributed by atoms with Crippen LogP contribution in [0.2, 0.25) is 5.02 Å². The van der Waals surface area contributed by atoms with Gasteiger partial charge in [0.15, 0.2) is 6.10 Å². The number of nitrogens with zero attached hydrogens (tertiary/aromatic N) is 2. The number of hydrogen-bond acceptors (Lipinski definition) is 6. The minimum absolute atomic E-state index is 0.00882. The Morgan fingerprint density at radius 2 is 1.92 bits per heavy atom. The second kappa shape index (κ2) is 6.94. The van der Waals surface area contributed by atoms with E-state index in [0.717, 1.165) is 11.1 Å². The third-order valence-corrected chi connectivity index (χ3v) is 3.79. The highest BCUT2D eigenvalue weighted by atomic mass is 35.5. The van der Waals surface area contributed by atoms with Crippen molar-refractivity contribution in [3.05, 3.63) is 64.5 Å². The van der Waals surface area contributed by atoms with Gasteiger partial charge in [-0.25, -0.2) is 4.79 Å². The number of aromatic hydroxyl groups is 1. The zero-order valence-corrected chi connectivity index (χ0v) is 14.3. The highest BCUT2D eigenvalue weighted by Gasteiger charge is 2.21. The molecule has 1 N–H and O–H groups in total. The fraction of sp³-hybridized carbons (Fsp3) is 0.167. The van der Waals surface area contributed by atoms with Crippen molar-refractivity contribution in [1.29, 1.82) is 0 Å². The minimum Gasteiger partial charge on any atom is -0.507 e. The molecule has 3 aromatic rings. The zero-order valence-electron chi connectivity index (χ0n) is 13.6. The van der Waals surface area contributed by atoms with Gasteiger partial charge in [0.25, 0.3) is 5.89 Å². The number of phenols is 1. The number of hydrogen-bond donors (Lipinski definition) is 1. The topological polar surface area (TPSA) is 85.5 Å². The van der Waals surface area contributed by atoms with Crippen LogP contribution in [0.1, 0.15) is 34.8 Å². The molecular weight excluding hydrogens is 344 g/mol. The fourth-order valence-electron chi connectivity index (χ4n) is 2.16. The predicted molar refractivity (Wildman–Crippen MR) is 91.4 cm³/mol. The van der Waals surface area contributed by atoms with Gasteiger partial charge in [-0.1, -0.05) is 29.3 Å². The van der Waals surface area contributed by atoms with Gasteiger partial charge in [0.1, 0.15) is 11.3 Å². The molecule has 2 aromatic carbocycles. The fourth-order valence-corrected chi connectivity index (χ4v) is 2.33. The molecule has 0 spiro atoms. The summed E-state index contributed by atoms with van der Waals surface area (Å²) in [7, 11) is 0. The summed E-state index contributed by atoms with van der Waals surface area (Å²) in [5.41, 5.74) is 1.90. The molecule has 0 aliphatic carbocycles. The van der Waals surface area contributed by atoms with Gasteiger partial charge in [0.2, 0.25) is 5.89 Å². The summed E-state index contributed by atoms with van der Waals surface area (Å²) in [6.45, 7) is 3.59. The van der Waals surface area contributed by atoms with Crippen LogP contribution in [0.15, 0.2) is 46.9 Å². The molecule has 25 heavy (non-hydrogen) atoms. The number of carbonyl (C=O) groups is 1. The summed E-state index contributed by atoms with van der Waals surface area (Å²) in [4.78, 5) is 12.2. The molecule has 3 rings (SSSR count). The molecule has 0 amide bonds. The molecule has 0 bridgehead atoms. The molecular formula is C18H15ClN2O4. The summed E-state index contributed by atoms with van der Waals surface area (Å²) < 4.78 is 10.8. The van der Waals surface area contributed by atoms with Crippen LogP contribution in [0.5, 0.6) is 5.75 Å². The summed E-state index contributed by atoms with van der Waals surface area (Å²) in [6, 6.07) is 11.8. The number of phenolic OH excluding ortho intramolecular Hbond substituents is 1. The molecule has 0 unspecified atom stereocenters. The molecule has 1 aromatic heterocycles. The first kappa shape index (κ1) is 17.0. The minimum atomic E-state index is -0.769. The van der Waals surface area contributed by atoms with Gasteiger partial charge in [0.05, 0.1) is 0 Å². The first-order valence-electron chi connectivity index (χ1n) is 7.54. The summed E-state index contributed by atoms with van der Waals surface area (Å²) >= 11 is 5.75. The van der Waals surface area contributed by atoms with E-state index in [-0.39, 0.29) is 17.2 Å². The van der Waals surface area contributed by atoms with Crippen molar-refractivity contribution in [2.24, 2.45) is 0 Å². The summed E-state index contributed by atoms with van der Waals surface area (Å²) in [5.74, 6) is -0.461. The third kappa shape index (κ3) is 3.80. The lowest BCUT2D eigenvalue weighted by atomic mass is 10.1. The molecule has 1 heterocycles. The van der Waals surface area contributed by atoms with E-state index in [0.29, 0.717) is 10.9 Å². The molecule has 6 nitrogen and oxygen atoms in total.